The SMILES string of the molecule is CCc1ccc(NC(=O)c2ccc3c(c2)CC(=O)N3)cc1. The lowest BCUT2D eigenvalue weighted by Gasteiger charge is -2.07. The molecule has 2 N–H and O–H groups in total. The van der Waals surface area contributed by atoms with Crippen LogP contribution in [0.5, 0.6) is 0 Å². The molecule has 0 fully saturated rings. The van der Waals surface area contributed by atoms with Gasteiger partial charge in [0.25, 0.3) is 5.91 Å². The first-order chi connectivity index (χ1) is 10.2. The van der Waals surface area contributed by atoms with Crippen LogP contribution in [0.2, 0.25) is 0 Å². The van der Waals surface area contributed by atoms with Crippen molar-refractivity contribution >= 4 is 23.2 Å². The van der Waals surface area contributed by atoms with Crippen molar-refractivity contribution in [2.24, 2.45) is 0 Å². The summed E-state index contributed by atoms with van der Waals surface area (Å²) in [7, 11) is 0. The molecule has 2 aromatic carbocycles. The van der Waals surface area contributed by atoms with Gasteiger partial charge in [-0.3, -0.25) is 9.59 Å². The lowest BCUT2D eigenvalue weighted by atomic mass is 10.1. The summed E-state index contributed by atoms with van der Waals surface area (Å²) in [5.74, 6) is -0.195. The van der Waals surface area contributed by atoms with Crippen molar-refractivity contribution in [3.63, 3.8) is 0 Å². The smallest absolute Gasteiger partial charge is 0.255 e. The second-order valence-corrected chi connectivity index (χ2v) is 5.10. The maximum absolute atomic E-state index is 12.2. The number of aryl methyl sites for hydroxylation is 1. The Labute approximate surface area is 123 Å². The highest BCUT2D eigenvalue weighted by molar-refractivity contribution is 6.06. The van der Waals surface area contributed by atoms with Gasteiger partial charge >= 0.3 is 0 Å². The van der Waals surface area contributed by atoms with Gasteiger partial charge in [0.1, 0.15) is 0 Å². The summed E-state index contributed by atoms with van der Waals surface area (Å²) in [6, 6.07) is 13.1. The van der Waals surface area contributed by atoms with Gasteiger partial charge in [0.2, 0.25) is 5.91 Å². The molecular formula is C17H16N2O2. The Balaban J connectivity index is 1.76. The normalized spacial score (nSPS) is 12.7. The van der Waals surface area contributed by atoms with Crippen LogP contribution in [0.1, 0.15) is 28.4 Å². The van der Waals surface area contributed by atoms with Crippen LogP contribution in [0.4, 0.5) is 11.4 Å². The Morgan fingerprint density at radius 1 is 1.19 bits per heavy atom. The first-order valence-corrected chi connectivity index (χ1v) is 6.99. The van der Waals surface area contributed by atoms with Crippen LogP contribution in [0, 0.1) is 0 Å². The van der Waals surface area contributed by atoms with Gasteiger partial charge < -0.3 is 10.6 Å². The van der Waals surface area contributed by atoms with Crippen molar-refractivity contribution in [2.75, 3.05) is 10.6 Å². The fourth-order valence-electron chi connectivity index (χ4n) is 2.40. The van der Waals surface area contributed by atoms with Gasteiger partial charge in [0.05, 0.1) is 6.42 Å². The fourth-order valence-corrected chi connectivity index (χ4v) is 2.40. The molecule has 0 aliphatic carbocycles. The highest BCUT2D eigenvalue weighted by atomic mass is 16.2. The number of nitrogens with one attached hydrogen (secondary N) is 2. The molecule has 0 spiro atoms. The molecule has 0 aromatic heterocycles. The summed E-state index contributed by atoms with van der Waals surface area (Å²) in [5.41, 5.74) is 4.23. The molecule has 1 heterocycles. The molecule has 0 atom stereocenters. The Kier molecular flexibility index (Phi) is 3.44. The van der Waals surface area contributed by atoms with Gasteiger partial charge in [-0.1, -0.05) is 19.1 Å². The van der Waals surface area contributed by atoms with Gasteiger partial charge in [-0.15, -0.1) is 0 Å². The Hall–Kier alpha value is -2.62. The molecule has 0 bridgehead atoms. The zero-order valence-electron chi connectivity index (χ0n) is 11.8. The molecule has 1 aliphatic rings. The summed E-state index contributed by atoms with van der Waals surface area (Å²) in [4.78, 5) is 23.6. The molecule has 4 heteroatoms. The average molecular weight is 280 g/mol. The predicted molar refractivity (Wildman–Crippen MR) is 82.5 cm³/mol. The molecule has 21 heavy (non-hydrogen) atoms. The zero-order valence-corrected chi connectivity index (χ0v) is 11.8. The first kappa shape index (κ1) is 13.4. The quantitative estimate of drug-likeness (QED) is 0.908. The number of fused-ring (bicyclic) bond motifs is 1. The number of hydrogen-bond donors (Lipinski definition) is 2. The third kappa shape index (κ3) is 2.79. The lowest BCUT2D eigenvalue weighted by Crippen LogP contribution is -2.12. The van der Waals surface area contributed by atoms with E-state index in [9.17, 15) is 9.59 Å². The monoisotopic (exact) mass is 280 g/mol. The summed E-state index contributed by atoms with van der Waals surface area (Å²) >= 11 is 0. The van der Waals surface area contributed by atoms with E-state index in [0.29, 0.717) is 12.0 Å². The highest BCUT2D eigenvalue weighted by Gasteiger charge is 2.19. The Morgan fingerprint density at radius 2 is 1.95 bits per heavy atom. The van der Waals surface area contributed by atoms with Crippen molar-refractivity contribution in [2.45, 2.75) is 19.8 Å². The minimum atomic E-state index is -0.165. The van der Waals surface area contributed by atoms with Crippen LogP contribution in [0.15, 0.2) is 42.5 Å². The number of hydrogen-bond acceptors (Lipinski definition) is 2. The van der Waals surface area contributed by atoms with Crippen molar-refractivity contribution < 1.29 is 9.59 Å². The fraction of sp³-hybridized carbons (Fsp3) is 0.176. The van der Waals surface area contributed by atoms with Crippen LogP contribution in [-0.4, -0.2) is 11.8 Å². The highest BCUT2D eigenvalue weighted by Crippen LogP contribution is 2.24. The van der Waals surface area contributed by atoms with E-state index in [1.165, 1.54) is 5.56 Å². The number of anilines is 2. The molecule has 106 valence electrons. The van der Waals surface area contributed by atoms with Crippen LogP contribution < -0.4 is 10.6 Å². The summed E-state index contributed by atoms with van der Waals surface area (Å²) in [5, 5.41) is 5.62. The van der Waals surface area contributed by atoms with E-state index < -0.39 is 0 Å². The van der Waals surface area contributed by atoms with Gasteiger partial charge in [-0.05, 0) is 47.9 Å². The van der Waals surface area contributed by atoms with Crippen molar-refractivity contribution in [3.05, 3.63) is 59.2 Å². The topological polar surface area (TPSA) is 58.2 Å². The summed E-state index contributed by atoms with van der Waals surface area (Å²) in [6.07, 6.45) is 1.31. The van der Waals surface area contributed by atoms with E-state index in [1.54, 1.807) is 18.2 Å². The van der Waals surface area contributed by atoms with E-state index in [2.05, 4.69) is 17.6 Å². The van der Waals surface area contributed by atoms with Gasteiger partial charge in [-0.2, -0.15) is 0 Å². The van der Waals surface area contributed by atoms with E-state index in [-0.39, 0.29) is 11.8 Å². The van der Waals surface area contributed by atoms with Gasteiger partial charge in [-0.25, -0.2) is 0 Å². The summed E-state index contributed by atoms with van der Waals surface area (Å²) < 4.78 is 0. The van der Waals surface area contributed by atoms with E-state index >= 15 is 0 Å². The van der Waals surface area contributed by atoms with E-state index in [4.69, 9.17) is 0 Å². The molecule has 2 amide bonds. The largest absolute Gasteiger partial charge is 0.326 e. The number of carbonyl (C=O) groups excluding carboxylic acids is 2. The molecule has 4 nitrogen and oxygen atoms in total. The maximum Gasteiger partial charge on any atom is 0.255 e. The predicted octanol–water partition coefficient (Wildman–Crippen LogP) is 3.00. The molecule has 3 rings (SSSR count). The van der Waals surface area contributed by atoms with Crippen LogP contribution >= 0.6 is 0 Å². The minimum Gasteiger partial charge on any atom is -0.326 e. The van der Waals surface area contributed by atoms with Crippen LogP contribution in [-0.2, 0) is 17.6 Å². The molecule has 2 aromatic rings. The van der Waals surface area contributed by atoms with E-state index in [0.717, 1.165) is 23.4 Å². The Bertz CT molecular complexity index is 705. The molecular weight excluding hydrogens is 264 g/mol. The lowest BCUT2D eigenvalue weighted by molar-refractivity contribution is -0.115. The third-order valence-electron chi connectivity index (χ3n) is 3.61. The van der Waals surface area contributed by atoms with Crippen molar-refractivity contribution in [3.8, 4) is 0 Å². The zero-order chi connectivity index (χ0) is 14.8. The average Bonchev–Trinajstić information content (AvgIpc) is 2.87. The second kappa shape index (κ2) is 5.40. The maximum atomic E-state index is 12.2. The molecule has 1 aliphatic heterocycles. The number of carbonyl (C=O) groups is 2. The molecule has 0 radical (unpaired) electrons. The standard InChI is InChI=1S/C17H16N2O2/c1-2-11-3-6-14(7-4-11)18-17(21)12-5-8-15-13(9-12)10-16(20)19-15/h3-9H,2,10H2,1H3,(H,18,21)(H,19,20). The second-order valence-electron chi connectivity index (χ2n) is 5.10. The Morgan fingerprint density at radius 3 is 2.67 bits per heavy atom. The minimum absolute atomic E-state index is 0.0299. The van der Waals surface area contributed by atoms with Crippen molar-refractivity contribution in [1.29, 1.82) is 0 Å². The first-order valence-electron chi connectivity index (χ1n) is 6.99. The van der Waals surface area contributed by atoms with E-state index in [1.807, 2.05) is 24.3 Å². The van der Waals surface area contributed by atoms with Crippen LogP contribution in [0.25, 0.3) is 0 Å². The molecule has 0 saturated heterocycles. The van der Waals surface area contributed by atoms with Gasteiger partial charge in [0.15, 0.2) is 0 Å². The van der Waals surface area contributed by atoms with Crippen LogP contribution in [0.3, 0.4) is 0 Å². The number of benzene rings is 2. The number of amides is 2. The third-order valence-corrected chi connectivity index (χ3v) is 3.61. The van der Waals surface area contributed by atoms with Gasteiger partial charge in [0, 0.05) is 16.9 Å². The summed E-state index contributed by atoms with van der Waals surface area (Å²) in [6.45, 7) is 2.09. The van der Waals surface area contributed by atoms with Crippen molar-refractivity contribution in [1.82, 2.24) is 0 Å². The number of rotatable bonds is 3. The molecule has 0 saturated carbocycles. The molecule has 0 unspecified atom stereocenters.